The number of halogens is 1. The van der Waals surface area contributed by atoms with Gasteiger partial charge in [0.1, 0.15) is 11.3 Å². The maximum Gasteiger partial charge on any atom is 0.288 e. The third-order valence-electron chi connectivity index (χ3n) is 2.46. The number of hydrogen-bond acceptors (Lipinski definition) is 5. The highest BCUT2D eigenvalue weighted by molar-refractivity contribution is 6.32. The maximum absolute atomic E-state index is 11.9. The average Bonchev–Trinajstić information content (AvgIpc) is 2.24. The molecule has 0 spiro atoms. The summed E-state index contributed by atoms with van der Waals surface area (Å²) in [5.74, 6) is -0.382. The lowest BCUT2D eigenvalue weighted by molar-refractivity contribution is -0.385. The molecule has 2 heterocycles. The van der Waals surface area contributed by atoms with E-state index < -0.39 is 4.92 Å². The number of carbonyl (C=O) groups is 1. The van der Waals surface area contributed by atoms with Crippen LogP contribution in [-0.4, -0.2) is 39.8 Å². The van der Waals surface area contributed by atoms with E-state index in [9.17, 15) is 14.9 Å². The van der Waals surface area contributed by atoms with Crippen molar-refractivity contribution in [3.05, 3.63) is 33.1 Å². The van der Waals surface area contributed by atoms with Crippen molar-refractivity contribution in [3.63, 3.8) is 0 Å². The first-order valence-electron chi connectivity index (χ1n) is 4.84. The molecule has 2 rings (SSSR count). The zero-order valence-electron chi connectivity index (χ0n) is 8.67. The topological polar surface area (TPSA) is 102 Å². The first-order chi connectivity index (χ1) is 7.99. The largest absolute Gasteiger partial charge is 0.335 e. The molecule has 8 heteroatoms. The van der Waals surface area contributed by atoms with Crippen molar-refractivity contribution in [1.82, 2.24) is 9.88 Å². The van der Waals surface area contributed by atoms with E-state index in [1.165, 1.54) is 4.90 Å². The minimum atomic E-state index is -0.623. The summed E-state index contributed by atoms with van der Waals surface area (Å²) in [6.07, 6.45) is 1.01. The molecule has 0 unspecified atom stereocenters. The minimum absolute atomic E-state index is 0.0350. The molecule has 1 aliphatic rings. The molecule has 1 saturated heterocycles. The van der Waals surface area contributed by atoms with Crippen LogP contribution in [0.3, 0.4) is 0 Å². The Hall–Kier alpha value is -1.73. The number of pyridine rings is 1. The highest BCUT2D eigenvalue weighted by atomic mass is 35.5. The molecule has 0 radical (unpaired) electrons. The number of nitrogens with zero attached hydrogens (tertiary/aromatic N) is 3. The molecule has 0 atom stereocenters. The van der Waals surface area contributed by atoms with Crippen LogP contribution in [-0.2, 0) is 0 Å². The van der Waals surface area contributed by atoms with E-state index in [1.807, 2.05) is 0 Å². The lowest BCUT2D eigenvalue weighted by Gasteiger charge is -2.36. The Kier molecular flexibility index (Phi) is 2.95. The van der Waals surface area contributed by atoms with Gasteiger partial charge in [-0.25, -0.2) is 4.98 Å². The summed E-state index contributed by atoms with van der Waals surface area (Å²) in [6, 6.07) is 1.09. The molecule has 0 bridgehead atoms. The number of carbonyl (C=O) groups excluding carboxylic acids is 1. The van der Waals surface area contributed by atoms with Crippen LogP contribution in [0.25, 0.3) is 0 Å². The Morgan fingerprint density at radius 2 is 2.29 bits per heavy atom. The van der Waals surface area contributed by atoms with Gasteiger partial charge >= 0.3 is 0 Å². The van der Waals surface area contributed by atoms with E-state index >= 15 is 0 Å². The predicted molar refractivity (Wildman–Crippen MR) is 59.8 cm³/mol. The average molecular weight is 257 g/mol. The fraction of sp³-hybridized carbons (Fsp3) is 0.333. The number of nitrogens with two attached hydrogens (primary N) is 1. The van der Waals surface area contributed by atoms with Gasteiger partial charge < -0.3 is 10.6 Å². The molecule has 0 aromatic carbocycles. The van der Waals surface area contributed by atoms with Crippen molar-refractivity contribution in [3.8, 4) is 0 Å². The summed E-state index contributed by atoms with van der Waals surface area (Å²) in [6.45, 7) is 0.857. The molecule has 7 nitrogen and oxygen atoms in total. The van der Waals surface area contributed by atoms with Crippen LogP contribution in [0.2, 0.25) is 5.15 Å². The molecule has 17 heavy (non-hydrogen) atoms. The number of aromatic nitrogens is 1. The quantitative estimate of drug-likeness (QED) is 0.469. The predicted octanol–water partition coefficient (Wildman–Crippen LogP) is 0.426. The number of hydrogen-bond donors (Lipinski definition) is 1. The lowest BCUT2D eigenvalue weighted by atomic mass is 10.1. The van der Waals surface area contributed by atoms with Crippen molar-refractivity contribution >= 4 is 23.2 Å². The Balaban J connectivity index is 2.27. The van der Waals surface area contributed by atoms with Crippen LogP contribution >= 0.6 is 11.6 Å². The van der Waals surface area contributed by atoms with Crippen LogP contribution in [0.1, 0.15) is 10.4 Å². The van der Waals surface area contributed by atoms with Gasteiger partial charge in [0.15, 0.2) is 0 Å². The van der Waals surface area contributed by atoms with E-state index in [-0.39, 0.29) is 28.4 Å². The Bertz CT molecular complexity index is 487. The third kappa shape index (κ3) is 2.20. The van der Waals surface area contributed by atoms with Gasteiger partial charge in [0, 0.05) is 25.2 Å². The molecule has 90 valence electrons. The molecule has 0 saturated carbocycles. The third-order valence-corrected chi connectivity index (χ3v) is 2.76. The zero-order chi connectivity index (χ0) is 12.6. The van der Waals surface area contributed by atoms with Crippen molar-refractivity contribution in [1.29, 1.82) is 0 Å². The monoisotopic (exact) mass is 256 g/mol. The molecule has 1 aliphatic heterocycles. The minimum Gasteiger partial charge on any atom is -0.335 e. The summed E-state index contributed by atoms with van der Waals surface area (Å²) in [4.78, 5) is 26.9. The van der Waals surface area contributed by atoms with Gasteiger partial charge in [-0.2, -0.15) is 0 Å². The van der Waals surface area contributed by atoms with Gasteiger partial charge in [-0.15, -0.1) is 0 Å². The number of nitro groups is 1. The van der Waals surface area contributed by atoms with Crippen molar-refractivity contribution in [2.75, 3.05) is 13.1 Å². The van der Waals surface area contributed by atoms with Gasteiger partial charge in [0.05, 0.1) is 10.5 Å². The van der Waals surface area contributed by atoms with Crippen molar-refractivity contribution in [2.24, 2.45) is 5.73 Å². The van der Waals surface area contributed by atoms with E-state index in [4.69, 9.17) is 17.3 Å². The van der Waals surface area contributed by atoms with Gasteiger partial charge in [-0.1, -0.05) is 11.6 Å². The fourth-order valence-corrected chi connectivity index (χ4v) is 1.72. The molecular weight excluding hydrogens is 248 g/mol. The maximum atomic E-state index is 11.9. The van der Waals surface area contributed by atoms with Crippen LogP contribution in [0.15, 0.2) is 12.3 Å². The summed E-state index contributed by atoms with van der Waals surface area (Å²) < 4.78 is 0. The first kappa shape index (κ1) is 11.7. The fourth-order valence-electron chi connectivity index (χ4n) is 1.54. The van der Waals surface area contributed by atoms with Gasteiger partial charge in [0.2, 0.25) is 0 Å². The van der Waals surface area contributed by atoms with E-state index in [2.05, 4.69) is 4.98 Å². The van der Waals surface area contributed by atoms with Crippen molar-refractivity contribution in [2.45, 2.75) is 6.04 Å². The lowest BCUT2D eigenvalue weighted by Crippen LogP contribution is -2.57. The summed E-state index contributed by atoms with van der Waals surface area (Å²) in [7, 11) is 0. The molecule has 0 aliphatic carbocycles. The zero-order valence-corrected chi connectivity index (χ0v) is 9.42. The van der Waals surface area contributed by atoms with Crippen LogP contribution < -0.4 is 5.73 Å². The van der Waals surface area contributed by atoms with E-state index in [0.717, 1.165) is 12.3 Å². The van der Waals surface area contributed by atoms with E-state index in [0.29, 0.717) is 13.1 Å². The number of likely N-dealkylation sites (tertiary alicyclic amines) is 1. The molecule has 1 aromatic rings. The molecule has 1 amide bonds. The number of amides is 1. The van der Waals surface area contributed by atoms with E-state index in [1.54, 1.807) is 0 Å². The van der Waals surface area contributed by atoms with Gasteiger partial charge in [0.25, 0.3) is 11.6 Å². The molecule has 1 aromatic heterocycles. The van der Waals surface area contributed by atoms with Crippen LogP contribution in [0.5, 0.6) is 0 Å². The second-order valence-corrected chi connectivity index (χ2v) is 4.12. The normalized spacial score (nSPS) is 15.5. The van der Waals surface area contributed by atoms with Crippen molar-refractivity contribution < 1.29 is 9.72 Å². The Labute approximate surface area is 101 Å². The van der Waals surface area contributed by atoms with Gasteiger partial charge in [-0.05, 0) is 0 Å². The summed E-state index contributed by atoms with van der Waals surface area (Å²) in [5, 5.41) is 10.5. The smallest absolute Gasteiger partial charge is 0.288 e. The Morgan fingerprint density at radius 3 is 2.82 bits per heavy atom. The second-order valence-electron chi connectivity index (χ2n) is 3.76. The molecule has 1 fully saturated rings. The second kappa shape index (κ2) is 4.27. The van der Waals surface area contributed by atoms with Crippen LogP contribution in [0.4, 0.5) is 5.69 Å². The highest BCUT2D eigenvalue weighted by Crippen LogP contribution is 2.22. The summed E-state index contributed by atoms with van der Waals surface area (Å²) >= 11 is 5.74. The highest BCUT2D eigenvalue weighted by Gasteiger charge is 2.30. The molecular formula is C9H9ClN4O3. The SMILES string of the molecule is NC1CN(C(=O)c2cc([N+](=O)[O-])cnc2Cl)C1. The molecule has 2 N–H and O–H groups in total. The van der Waals surface area contributed by atoms with Crippen LogP contribution in [0, 0.1) is 10.1 Å². The number of rotatable bonds is 2. The standard InChI is InChI=1S/C9H9ClN4O3/c10-8-7(1-6(2-12-8)14(16)17)9(15)13-3-5(11)4-13/h1-2,5H,3-4,11H2. The van der Waals surface area contributed by atoms with Gasteiger partial charge in [-0.3, -0.25) is 14.9 Å². The Morgan fingerprint density at radius 1 is 1.65 bits per heavy atom. The first-order valence-corrected chi connectivity index (χ1v) is 5.21. The summed E-state index contributed by atoms with van der Waals surface area (Å²) in [5.41, 5.74) is 5.32.